The van der Waals surface area contributed by atoms with Crippen molar-refractivity contribution < 1.29 is 14.6 Å². The van der Waals surface area contributed by atoms with Gasteiger partial charge in [-0.1, -0.05) is 0 Å². The summed E-state index contributed by atoms with van der Waals surface area (Å²) in [5, 5.41) is 10.0. The number of ether oxygens (including phenoxy) is 2. The molecule has 0 saturated carbocycles. The molecule has 1 aromatic heterocycles. The lowest BCUT2D eigenvalue weighted by atomic mass is 10.0. The van der Waals surface area contributed by atoms with Crippen molar-refractivity contribution in [3.05, 3.63) is 24.0 Å². The third-order valence-corrected chi connectivity index (χ3v) is 2.86. The van der Waals surface area contributed by atoms with E-state index in [9.17, 15) is 5.11 Å². The molecule has 0 amide bonds. The Morgan fingerprint density at radius 3 is 3.19 bits per heavy atom. The number of aliphatic hydroxyl groups excluding tert-OH is 1. The molecule has 4 heteroatoms. The number of pyridine rings is 1. The second-order valence-electron chi connectivity index (χ2n) is 4.04. The molecule has 0 aliphatic carbocycles. The van der Waals surface area contributed by atoms with Crippen molar-refractivity contribution in [1.82, 2.24) is 4.98 Å². The van der Waals surface area contributed by atoms with Crippen molar-refractivity contribution in [2.45, 2.75) is 31.5 Å². The number of nitrogens with zero attached hydrogens (tertiary/aromatic N) is 1. The van der Waals surface area contributed by atoms with Gasteiger partial charge < -0.3 is 14.6 Å². The van der Waals surface area contributed by atoms with Crippen LogP contribution in [0.2, 0.25) is 0 Å². The van der Waals surface area contributed by atoms with Gasteiger partial charge in [-0.3, -0.25) is 4.98 Å². The number of hydrogen-bond acceptors (Lipinski definition) is 4. The van der Waals surface area contributed by atoms with Crippen LogP contribution >= 0.6 is 0 Å². The van der Waals surface area contributed by atoms with E-state index in [-0.39, 0.29) is 6.10 Å². The Morgan fingerprint density at radius 2 is 2.50 bits per heavy atom. The van der Waals surface area contributed by atoms with E-state index >= 15 is 0 Å². The smallest absolute Gasteiger partial charge is 0.137 e. The van der Waals surface area contributed by atoms with Gasteiger partial charge in [-0.25, -0.2) is 0 Å². The second kappa shape index (κ2) is 5.27. The maximum atomic E-state index is 10.0. The van der Waals surface area contributed by atoms with E-state index in [0.717, 1.165) is 25.0 Å². The zero-order chi connectivity index (χ0) is 11.4. The zero-order valence-electron chi connectivity index (χ0n) is 9.43. The summed E-state index contributed by atoms with van der Waals surface area (Å²) < 4.78 is 10.6. The first kappa shape index (κ1) is 11.4. The van der Waals surface area contributed by atoms with Crippen LogP contribution in [0.1, 0.15) is 30.9 Å². The van der Waals surface area contributed by atoms with Crippen LogP contribution in [0.15, 0.2) is 18.5 Å². The van der Waals surface area contributed by atoms with Gasteiger partial charge in [-0.05, 0) is 18.9 Å². The van der Waals surface area contributed by atoms with Crippen LogP contribution in [0.4, 0.5) is 0 Å². The van der Waals surface area contributed by atoms with Crippen LogP contribution in [0, 0.1) is 0 Å². The van der Waals surface area contributed by atoms with E-state index in [4.69, 9.17) is 9.47 Å². The van der Waals surface area contributed by atoms with Gasteiger partial charge in [0.15, 0.2) is 0 Å². The molecule has 2 unspecified atom stereocenters. The van der Waals surface area contributed by atoms with E-state index in [1.807, 2.05) is 6.07 Å². The molecule has 2 atom stereocenters. The maximum absolute atomic E-state index is 10.0. The zero-order valence-corrected chi connectivity index (χ0v) is 9.43. The standard InChI is InChI=1S/C12H17NO3/c1-15-11-5-9(7-13-8-11)12(14)6-10-3-2-4-16-10/h5,7-8,10,12,14H,2-4,6H2,1H3. The van der Waals surface area contributed by atoms with Crippen molar-refractivity contribution in [2.24, 2.45) is 0 Å². The summed E-state index contributed by atoms with van der Waals surface area (Å²) in [6.07, 6.45) is 5.72. The highest BCUT2D eigenvalue weighted by atomic mass is 16.5. The van der Waals surface area contributed by atoms with Crippen LogP contribution in [0.25, 0.3) is 0 Å². The summed E-state index contributed by atoms with van der Waals surface area (Å²) in [4.78, 5) is 4.03. The van der Waals surface area contributed by atoms with Gasteiger partial charge in [0.25, 0.3) is 0 Å². The molecule has 0 bridgehead atoms. The van der Waals surface area contributed by atoms with E-state index < -0.39 is 6.10 Å². The van der Waals surface area contributed by atoms with E-state index in [1.165, 1.54) is 0 Å². The summed E-state index contributed by atoms with van der Waals surface area (Å²) in [5.74, 6) is 0.670. The number of aromatic nitrogens is 1. The highest BCUT2D eigenvalue weighted by Gasteiger charge is 2.20. The average Bonchev–Trinajstić information content (AvgIpc) is 2.82. The highest BCUT2D eigenvalue weighted by Crippen LogP contribution is 2.26. The van der Waals surface area contributed by atoms with Gasteiger partial charge in [0.1, 0.15) is 5.75 Å². The summed E-state index contributed by atoms with van der Waals surface area (Å²) >= 11 is 0. The molecule has 88 valence electrons. The molecule has 2 rings (SSSR count). The van der Waals surface area contributed by atoms with Gasteiger partial charge >= 0.3 is 0 Å². The lowest BCUT2D eigenvalue weighted by Gasteiger charge is -2.15. The molecule has 1 saturated heterocycles. The lowest BCUT2D eigenvalue weighted by Crippen LogP contribution is -2.11. The molecule has 1 aliphatic heterocycles. The third kappa shape index (κ3) is 2.71. The summed E-state index contributed by atoms with van der Waals surface area (Å²) in [7, 11) is 1.59. The Balaban J connectivity index is 1.98. The van der Waals surface area contributed by atoms with Gasteiger partial charge in [0, 0.05) is 24.8 Å². The lowest BCUT2D eigenvalue weighted by molar-refractivity contribution is 0.0533. The van der Waals surface area contributed by atoms with Crippen molar-refractivity contribution in [2.75, 3.05) is 13.7 Å². The molecule has 1 N–H and O–H groups in total. The van der Waals surface area contributed by atoms with Crippen molar-refractivity contribution >= 4 is 0 Å². The Labute approximate surface area is 95.2 Å². The van der Waals surface area contributed by atoms with Crippen LogP contribution < -0.4 is 4.74 Å². The summed E-state index contributed by atoms with van der Waals surface area (Å²) in [6.45, 7) is 0.813. The molecular formula is C12H17NO3. The average molecular weight is 223 g/mol. The SMILES string of the molecule is COc1cncc(C(O)CC2CCCO2)c1. The van der Waals surface area contributed by atoms with Crippen molar-refractivity contribution in [3.63, 3.8) is 0 Å². The summed E-state index contributed by atoms with van der Waals surface area (Å²) in [6, 6.07) is 1.81. The monoisotopic (exact) mass is 223 g/mol. The van der Waals surface area contributed by atoms with E-state index in [1.54, 1.807) is 19.5 Å². The summed E-state index contributed by atoms with van der Waals surface area (Å²) in [5.41, 5.74) is 0.787. The predicted molar refractivity (Wildman–Crippen MR) is 59.3 cm³/mol. The fraction of sp³-hybridized carbons (Fsp3) is 0.583. The normalized spacial score (nSPS) is 22.0. The molecular weight excluding hydrogens is 206 g/mol. The Bertz CT molecular complexity index is 337. The topological polar surface area (TPSA) is 51.6 Å². The molecule has 1 aromatic rings. The molecule has 2 heterocycles. The molecule has 0 spiro atoms. The van der Waals surface area contributed by atoms with Crippen molar-refractivity contribution in [3.8, 4) is 5.75 Å². The quantitative estimate of drug-likeness (QED) is 0.844. The first-order chi connectivity index (χ1) is 7.79. The van der Waals surface area contributed by atoms with Gasteiger partial charge in [0.05, 0.1) is 25.5 Å². The van der Waals surface area contributed by atoms with Crippen LogP contribution in [0.5, 0.6) is 5.75 Å². The molecule has 1 fully saturated rings. The molecule has 0 aromatic carbocycles. The Kier molecular flexibility index (Phi) is 3.74. The van der Waals surface area contributed by atoms with Crippen LogP contribution in [-0.2, 0) is 4.74 Å². The van der Waals surface area contributed by atoms with Crippen molar-refractivity contribution in [1.29, 1.82) is 0 Å². The number of hydrogen-bond donors (Lipinski definition) is 1. The minimum Gasteiger partial charge on any atom is -0.495 e. The minimum atomic E-state index is -0.523. The fourth-order valence-corrected chi connectivity index (χ4v) is 1.94. The second-order valence-corrected chi connectivity index (χ2v) is 4.04. The predicted octanol–water partition coefficient (Wildman–Crippen LogP) is 1.69. The highest BCUT2D eigenvalue weighted by molar-refractivity contribution is 5.25. The van der Waals surface area contributed by atoms with E-state index in [2.05, 4.69) is 4.98 Å². The van der Waals surface area contributed by atoms with Gasteiger partial charge in [-0.15, -0.1) is 0 Å². The first-order valence-electron chi connectivity index (χ1n) is 5.58. The third-order valence-electron chi connectivity index (χ3n) is 2.86. The number of methoxy groups -OCH3 is 1. The van der Waals surface area contributed by atoms with Gasteiger partial charge in [0.2, 0.25) is 0 Å². The fourth-order valence-electron chi connectivity index (χ4n) is 1.94. The van der Waals surface area contributed by atoms with Gasteiger partial charge in [-0.2, -0.15) is 0 Å². The molecule has 0 radical (unpaired) electrons. The molecule has 1 aliphatic rings. The molecule has 16 heavy (non-hydrogen) atoms. The Hall–Kier alpha value is -1.13. The van der Waals surface area contributed by atoms with Crippen LogP contribution in [0.3, 0.4) is 0 Å². The Morgan fingerprint density at radius 1 is 1.62 bits per heavy atom. The maximum Gasteiger partial charge on any atom is 0.137 e. The number of rotatable bonds is 4. The number of aliphatic hydroxyl groups is 1. The van der Waals surface area contributed by atoms with E-state index in [0.29, 0.717) is 12.2 Å². The largest absolute Gasteiger partial charge is 0.495 e. The minimum absolute atomic E-state index is 0.182. The van der Waals surface area contributed by atoms with Crippen LogP contribution in [-0.4, -0.2) is 29.9 Å². The molecule has 4 nitrogen and oxygen atoms in total. The first-order valence-corrected chi connectivity index (χ1v) is 5.58.